The number of para-hydroxylation sites is 1. The second-order valence-electron chi connectivity index (χ2n) is 7.38. The normalized spacial score (nSPS) is 16.4. The molecule has 3 aromatic rings. The Morgan fingerprint density at radius 2 is 1.96 bits per heavy atom. The topological polar surface area (TPSA) is 68.5 Å². The van der Waals surface area contributed by atoms with Crippen LogP contribution in [0.2, 0.25) is 0 Å². The van der Waals surface area contributed by atoms with Crippen molar-refractivity contribution >= 4 is 22.5 Å². The molecule has 6 heteroatoms. The number of nitrogens with zero attached hydrogens (tertiary/aromatic N) is 2. The predicted octanol–water partition coefficient (Wildman–Crippen LogP) is 4.14. The van der Waals surface area contributed by atoms with Crippen LogP contribution in [-0.2, 0) is 6.54 Å². The summed E-state index contributed by atoms with van der Waals surface area (Å²) in [7, 11) is 1.51. The molecule has 0 saturated heterocycles. The Morgan fingerprint density at radius 1 is 1.18 bits per heavy atom. The monoisotopic (exact) mass is 377 g/mol. The SMILES string of the molecule is COc1cccc(F)c1-c1cccc2c(N)c3c(nc12)CN(C1CCC1)C3=O. The van der Waals surface area contributed by atoms with Crippen LogP contribution in [0.25, 0.3) is 22.0 Å². The third kappa shape index (κ3) is 2.30. The molecule has 1 fully saturated rings. The predicted molar refractivity (Wildman–Crippen MR) is 106 cm³/mol. The van der Waals surface area contributed by atoms with Gasteiger partial charge in [-0.2, -0.15) is 0 Å². The molecule has 0 bridgehead atoms. The molecule has 0 atom stereocenters. The minimum atomic E-state index is -0.389. The number of amides is 1. The Hall–Kier alpha value is -3.15. The number of rotatable bonds is 3. The van der Waals surface area contributed by atoms with Crippen LogP contribution in [0, 0.1) is 5.82 Å². The lowest BCUT2D eigenvalue weighted by atomic mass is 9.92. The quantitative estimate of drug-likeness (QED) is 0.745. The Bertz CT molecular complexity index is 1120. The van der Waals surface area contributed by atoms with E-state index in [1.165, 1.54) is 13.2 Å². The van der Waals surface area contributed by atoms with E-state index in [0.717, 1.165) is 19.3 Å². The number of ether oxygens (including phenoxy) is 1. The number of carbonyl (C=O) groups excluding carboxylic acids is 1. The van der Waals surface area contributed by atoms with Gasteiger partial charge in [0.15, 0.2) is 0 Å². The Labute approximate surface area is 161 Å². The number of carbonyl (C=O) groups is 1. The van der Waals surface area contributed by atoms with Crippen molar-refractivity contribution in [2.75, 3.05) is 12.8 Å². The van der Waals surface area contributed by atoms with E-state index in [1.807, 2.05) is 17.0 Å². The van der Waals surface area contributed by atoms with Crippen LogP contribution in [-0.4, -0.2) is 28.9 Å². The van der Waals surface area contributed by atoms with Crippen LogP contribution in [0.3, 0.4) is 0 Å². The lowest BCUT2D eigenvalue weighted by Gasteiger charge is -2.34. The zero-order valence-electron chi connectivity index (χ0n) is 15.5. The first-order valence-electron chi connectivity index (χ1n) is 9.45. The molecular formula is C22H20FN3O2. The van der Waals surface area contributed by atoms with Crippen LogP contribution in [0.5, 0.6) is 5.75 Å². The maximum absolute atomic E-state index is 14.7. The van der Waals surface area contributed by atoms with E-state index >= 15 is 0 Å². The fourth-order valence-electron chi connectivity index (χ4n) is 4.22. The molecule has 2 heterocycles. The number of methoxy groups -OCH3 is 1. The summed E-state index contributed by atoms with van der Waals surface area (Å²) in [6, 6.07) is 10.4. The van der Waals surface area contributed by atoms with E-state index in [-0.39, 0.29) is 17.8 Å². The number of hydrogen-bond acceptors (Lipinski definition) is 4. The Balaban J connectivity index is 1.74. The Kier molecular flexibility index (Phi) is 3.75. The van der Waals surface area contributed by atoms with Gasteiger partial charge in [0.05, 0.1) is 41.7 Å². The van der Waals surface area contributed by atoms with Gasteiger partial charge in [-0.15, -0.1) is 0 Å². The van der Waals surface area contributed by atoms with Crippen molar-refractivity contribution in [1.82, 2.24) is 9.88 Å². The van der Waals surface area contributed by atoms with Crippen molar-refractivity contribution < 1.29 is 13.9 Å². The number of pyridine rings is 1. The lowest BCUT2D eigenvalue weighted by molar-refractivity contribution is 0.0606. The van der Waals surface area contributed by atoms with Gasteiger partial charge in [0, 0.05) is 17.0 Å². The molecule has 0 spiro atoms. The molecule has 1 aliphatic carbocycles. The third-order valence-electron chi connectivity index (χ3n) is 5.91. The van der Waals surface area contributed by atoms with Crippen molar-refractivity contribution in [3.8, 4) is 16.9 Å². The summed E-state index contributed by atoms with van der Waals surface area (Å²) in [4.78, 5) is 19.6. The molecular weight excluding hydrogens is 357 g/mol. The first-order valence-corrected chi connectivity index (χ1v) is 9.45. The summed E-state index contributed by atoms with van der Waals surface area (Å²) in [5.41, 5.74) is 9.56. The molecule has 1 amide bonds. The molecule has 0 radical (unpaired) electrons. The molecule has 1 aromatic heterocycles. The summed E-state index contributed by atoms with van der Waals surface area (Å²) >= 11 is 0. The number of fused-ring (bicyclic) bond motifs is 2. The van der Waals surface area contributed by atoms with Gasteiger partial charge in [-0.1, -0.05) is 24.3 Å². The number of hydrogen-bond donors (Lipinski definition) is 1. The van der Waals surface area contributed by atoms with Gasteiger partial charge in [0.1, 0.15) is 11.6 Å². The van der Waals surface area contributed by atoms with Crippen molar-refractivity contribution in [3.63, 3.8) is 0 Å². The molecule has 1 saturated carbocycles. The van der Waals surface area contributed by atoms with Crippen molar-refractivity contribution in [2.45, 2.75) is 31.8 Å². The summed E-state index contributed by atoms with van der Waals surface area (Å²) in [5.74, 6) is 0.000840. The van der Waals surface area contributed by atoms with Gasteiger partial charge in [-0.05, 0) is 31.4 Å². The Morgan fingerprint density at radius 3 is 2.68 bits per heavy atom. The third-order valence-corrected chi connectivity index (χ3v) is 5.91. The number of aromatic nitrogens is 1. The van der Waals surface area contributed by atoms with Crippen molar-refractivity contribution in [2.24, 2.45) is 0 Å². The molecule has 2 aliphatic rings. The first kappa shape index (κ1) is 17.0. The highest BCUT2D eigenvalue weighted by Gasteiger charge is 2.38. The number of anilines is 1. The lowest BCUT2D eigenvalue weighted by Crippen LogP contribution is -2.40. The molecule has 0 unspecified atom stereocenters. The van der Waals surface area contributed by atoms with Gasteiger partial charge in [-0.25, -0.2) is 9.37 Å². The van der Waals surface area contributed by atoms with Gasteiger partial charge in [0.2, 0.25) is 0 Å². The molecule has 5 rings (SSSR count). The summed E-state index contributed by atoms with van der Waals surface area (Å²) in [6.07, 6.45) is 3.20. The molecule has 142 valence electrons. The van der Waals surface area contributed by atoms with Crippen LogP contribution in [0.1, 0.15) is 35.3 Å². The first-order chi connectivity index (χ1) is 13.6. The minimum Gasteiger partial charge on any atom is -0.496 e. The number of halogens is 1. The smallest absolute Gasteiger partial charge is 0.258 e. The second-order valence-corrected chi connectivity index (χ2v) is 7.38. The van der Waals surface area contributed by atoms with Crippen LogP contribution in [0.4, 0.5) is 10.1 Å². The summed E-state index contributed by atoms with van der Waals surface area (Å²) in [5, 5.41) is 0.658. The van der Waals surface area contributed by atoms with E-state index in [9.17, 15) is 9.18 Å². The zero-order valence-corrected chi connectivity index (χ0v) is 15.5. The van der Waals surface area contributed by atoms with E-state index in [0.29, 0.717) is 51.3 Å². The average Bonchev–Trinajstić information content (AvgIpc) is 2.96. The van der Waals surface area contributed by atoms with Crippen molar-refractivity contribution in [3.05, 3.63) is 53.5 Å². The maximum atomic E-state index is 14.7. The highest BCUT2D eigenvalue weighted by Crippen LogP contribution is 2.41. The second kappa shape index (κ2) is 6.19. The molecule has 5 nitrogen and oxygen atoms in total. The van der Waals surface area contributed by atoms with Crippen molar-refractivity contribution in [1.29, 1.82) is 0 Å². The molecule has 2 N–H and O–H groups in total. The largest absolute Gasteiger partial charge is 0.496 e. The highest BCUT2D eigenvalue weighted by molar-refractivity contribution is 6.11. The maximum Gasteiger partial charge on any atom is 0.258 e. The molecule has 2 aromatic carbocycles. The van der Waals surface area contributed by atoms with E-state index in [1.54, 1.807) is 18.2 Å². The summed E-state index contributed by atoms with van der Waals surface area (Å²) in [6.45, 7) is 0.460. The van der Waals surface area contributed by atoms with Gasteiger partial charge in [0.25, 0.3) is 5.91 Å². The number of nitrogen functional groups attached to an aromatic ring is 1. The zero-order chi connectivity index (χ0) is 19.4. The molecule has 28 heavy (non-hydrogen) atoms. The fourth-order valence-corrected chi connectivity index (χ4v) is 4.22. The average molecular weight is 377 g/mol. The summed E-state index contributed by atoms with van der Waals surface area (Å²) < 4.78 is 20.1. The van der Waals surface area contributed by atoms with Gasteiger partial charge < -0.3 is 15.4 Å². The van der Waals surface area contributed by atoms with E-state index in [2.05, 4.69) is 0 Å². The number of nitrogens with two attached hydrogens (primary N) is 1. The van der Waals surface area contributed by atoms with Crippen LogP contribution >= 0.6 is 0 Å². The number of benzene rings is 2. The van der Waals surface area contributed by atoms with Crippen LogP contribution in [0.15, 0.2) is 36.4 Å². The van der Waals surface area contributed by atoms with Gasteiger partial charge >= 0.3 is 0 Å². The van der Waals surface area contributed by atoms with Crippen LogP contribution < -0.4 is 10.5 Å². The standard InChI is InChI=1S/C22H20FN3O2/c1-28-17-10-4-9-15(23)18(17)13-7-3-8-14-20(24)19-16(25-21(13)14)11-26(22(19)27)12-5-2-6-12/h3-4,7-10,12H,2,5-6,11H2,1H3,(H2,24,25). The fraction of sp³-hybridized carbons (Fsp3) is 0.273. The van der Waals surface area contributed by atoms with E-state index in [4.69, 9.17) is 15.5 Å². The highest BCUT2D eigenvalue weighted by atomic mass is 19.1. The van der Waals surface area contributed by atoms with E-state index < -0.39 is 0 Å². The minimum absolute atomic E-state index is 0.0412. The molecule has 1 aliphatic heterocycles. The van der Waals surface area contributed by atoms with Gasteiger partial charge in [-0.3, -0.25) is 4.79 Å².